The molecule has 0 aliphatic heterocycles. The second kappa shape index (κ2) is 14.7. The zero-order valence-corrected chi connectivity index (χ0v) is 34.1. The van der Waals surface area contributed by atoms with Crippen LogP contribution in [-0.2, 0) is 5.41 Å². The molecule has 0 atom stereocenters. The predicted molar refractivity (Wildman–Crippen MR) is 257 cm³/mol. The molecule has 12 rings (SSSR count). The minimum Gasteiger partial charge on any atom is -0.208 e. The van der Waals surface area contributed by atoms with E-state index in [9.17, 15) is 0 Å². The molecule has 0 unspecified atom stereocenters. The number of nitrogens with zero attached hydrogens (tertiary/aromatic N) is 3. The van der Waals surface area contributed by atoms with Crippen molar-refractivity contribution in [3.8, 4) is 67.5 Å². The monoisotopic (exact) mass is 811 g/mol. The Kier molecular flexibility index (Phi) is 7.62. The van der Waals surface area contributed by atoms with Gasteiger partial charge in [-0.2, -0.15) is 0 Å². The summed E-state index contributed by atoms with van der Waals surface area (Å²) in [5, 5.41) is 1.23. The first kappa shape index (κ1) is 32.0. The van der Waals surface area contributed by atoms with E-state index < -0.39 is 5.41 Å². The minimum atomic E-state index is -0.573. The van der Waals surface area contributed by atoms with E-state index in [4.69, 9.17) is 20.4 Å². The summed E-state index contributed by atoms with van der Waals surface area (Å²) < 4.78 is 35.9. The van der Waals surface area contributed by atoms with Gasteiger partial charge in [0.05, 0.1) is 10.9 Å². The lowest BCUT2D eigenvalue weighted by molar-refractivity contribution is 0.769. The summed E-state index contributed by atoms with van der Waals surface area (Å²) in [6.07, 6.45) is 0. The first-order valence-electron chi connectivity index (χ1n) is 22.7. The molecule has 3 nitrogen and oxygen atoms in total. The molecule has 1 aliphatic rings. The van der Waals surface area contributed by atoms with Crippen molar-refractivity contribution in [3.63, 3.8) is 0 Å². The summed E-state index contributed by atoms with van der Waals surface area (Å²) in [7, 11) is 0. The van der Waals surface area contributed by atoms with E-state index in [1.807, 2.05) is 60.7 Å². The molecule has 0 saturated carbocycles. The highest BCUT2D eigenvalue weighted by Crippen LogP contribution is 2.57. The maximum Gasteiger partial charge on any atom is 0.165 e. The van der Waals surface area contributed by atoms with Gasteiger partial charge in [0, 0.05) is 36.9 Å². The van der Waals surface area contributed by atoms with Gasteiger partial charge >= 0.3 is 0 Å². The fourth-order valence-corrected chi connectivity index (χ4v) is 10.6. The molecule has 62 heavy (non-hydrogen) atoms. The molecular formula is C58H37N3S. The molecule has 0 radical (unpaired) electrons. The third kappa shape index (κ3) is 5.68. The van der Waals surface area contributed by atoms with E-state index in [0.29, 0.717) is 27.6 Å². The maximum atomic E-state index is 8.88. The second-order valence-corrected chi connectivity index (χ2v) is 16.6. The molecule has 4 heteroatoms. The van der Waals surface area contributed by atoms with Crippen molar-refractivity contribution >= 4 is 31.5 Å². The zero-order valence-electron chi connectivity index (χ0n) is 37.3. The third-order valence-electron chi connectivity index (χ3n) is 12.2. The Labute approximate surface area is 370 Å². The van der Waals surface area contributed by atoms with Crippen LogP contribution < -0.4 is 0 Å². The van der Waals surface area contributed by atoms with E-state index in [-0.39, 0.29) is 24.2 Å². The van der Waals surface area contributed by atoms with E-state index in [2.05, 4.69) is 140 Å². The molecule has 1 aliphatic carbocycles. The molecule has 0 spiro atoms. The molecular weight excluding hydrogens is 771 g/mol. The van der Waals surface area contributed by atoms with Crippen LogP contribution in [0.15, 0.2) is 224 Å². The highest BCUT2D eigenvalue weighted by atomic mass is 32.1. The number of benzene rings is 9. The molecule has 0 amide bonds. The summed E-state index contributed by atoms with van der Waals surface area (Å²) in [5.41, 5.74) is 13.1. The standard InChI is InChI=1S/C58H37N3S/c1-4-19-38(20-5-1)42-25-10-12-29-48(42)55-59-56(61-57(60-55)50-32-18-31-47-46-28-15-17-34-53(46)62-54(47)50)49-30-13-11-26-43(49)39-35-36-45-44-27-14-16-33-51(44)58(52(45)37-39,40-21-6-2-7-22-40)41-23-8-3-9-24-41/h1-37H/i15D,17D,28D,34D. The molecule has 11 aromatic rings. The summed E-state index contributed by atoms with van der Waals surface area (Å²) >= 11 is 1.34. The van der Waals surface area contributed by atoms with Gasteiger partial charge in [-0.1, -0.05) is 206 Å². The van der Waals surface area contributed by atoms with Gasteiger partial charge in [-0.15, -0.1) is 11.3 Å². The fraction of sp³-hybridized carbons (Fsp3) is 0.0172. The lowest BCUT2D eigenvalue weighted by Crippen LogP contribution is -2.28. The number of rotatable bonds is 7. The van der Waals surface area contributed by atoms with Crippen LogP contribution in [0.3, 0.4) is 0 Å². The second-order valence-electron chi connectivity index (χ2n) is 15.5. The average molecular weight is 812 g/mol. The Hall–Kier alpha value is -7.79. The van der Waals surface area contributed by atoms with Crippen molar-refractivity contribution in [1.82, 2.24) is 15.0 Å². The molecule has 9 aromatic carbocycles. The molecule has 290 valence electrons. The zero-order chi connectivity index (χ0) is 44.5. The van der Waals surface area contributed by atoms with Crippen molar-refractivity contribution in [2.24, 2.45) is 0 Å². The Morgan fingerprint density at radius 3 is 1.53 bits per heavy atom. The van der Waals surface area contributed by atoms with Gasteiger partial charge in [-0.3, -0.25) is 0 Å². The fourth-order valence-electron chi connectivity index (χ4n) is 9.52. The summed E-state index contributed by atoms with van der Waals surface area (Å²) in [6, 6.07) is 69.1. The first-order valence-corrected chi connectivity index (χ1v) is 21.5. The van der Waals surface area contributed by atoms with Gasteiger partial charge in [0.2, 0.25) is 0 Å². The lowest BCUT2D eigenvalue weighted by Gasteiger charge is -2.34. The Balaban J connectivity index is 1.11. The maximum absolute atomic E-state index is 8.88. The molecule has 0 fully saturated rings. The highest BCUT2D eigenvalue weighted by Gasteiger charge is 2.46. The van der Waals surface area contributed by atoms with Gasteiger partial charge in [0.15, 0.2) is 17.5 Å². The van der Waals surface area contributed by atoms with Crippen LogP contribution in [0.5, 0.6) is 0 Å². The number of fused-ring (bicyclic) bond motifs is 6. The van der Waals surface area contributed by atoms with Crippen molar-refractivity contribution in [3.05, 3.63) is 247 Å². The SMILES string of the molecule is [2H]c1c([2H])c([2H])c2c(sc3c(-c4nc(-c5ccccc5-c5ccccc5)nc(-c5ccccc5-c5ccc6c(c5)C(c5ccccc5)(c5ccccc5)c5ccccc5-6)n4)cccc32)c1[2H]. The van der Waals surface area contributed by atoms with Gasteiger partial charge in [0.25, 0.3) is 0 Å². The third-order valence-corrected chi connectivity index (χ3v) is 13.4. The Morgan fingerprint density at radius 2 is 0.871 bits per heavy atom. The van der Waals surface area contributed by atoms with Crippen LogP contribution in [0.2, 0.25) is 0 Å². The Bertz CT molecular complexity index is 3670. The largest absolute Gasteiger partial charge is 0.208 e. The van der Waals surface area contributed by atoms with Crippen LogP contribution in [0.1, 0.15) is 27.7 Å². The van der Waals surface area contributed by atoms with Crippen molar-refractivity contribution in [1.29, 1.82) is 0 Å². The van der Waals surface area contributed by atoms with Crippen LogP contribution >= 0.6 is 11.3 Å². The number of hydrogen-bond donors (Lipinski definition) is 0. The number of hydrogen-bond acceptors (Lipinski definition) is 4. The quantitative estimate of drug-likeness (QED) is 0.161. The average Bonchev–Trinajstić information content (AvgIpc) is 3.93. The van der Waals surface area contributed by atoms with Gasteiger partial charge < -0.3 is 0 Å². The van der Waals surface area contributed by atoms with E-state index >= 15 is 0 Å². The number of aromatic nitrogens is 3. The van der Waals surface area contributed by atoms with Gasteiger partial charge in [0.1, 0.15) is 0 Å². The van der Waals surface area contributed by atoms with E-state index in [1.54, 1.807) is 0 Å². The van der Waals surface area contributed by atoms with Crippen LogP contribution in [0, 0.1) is 0 Å². The smallest absolute Gasteiger partial charge is 0.165 e. The van der Waals surface area contributed by atoms with Crippen molar-refractivity contribution in [2.75, 3.05) is 0 Å². The van der Waals surface area contributed by atoms with Crippen LogP contribution in [0.4, 0.5) is 0 Å². The predicted octanol–water partition coefficient (Wildman–Crippen LogP) is 14.9. The minimum absolute atomic E-state index is 0.0538. The normalized spacial score (nSPS) is 13.5. The van der Waals surface area contributed by atoms with Gasteiger partial charge in [-0.05, 0) is 73.8 Å². The molecule has 0 N–H and O–H groups in total. The van der Waals surface area contributed by atoms with Crippen molar-refractivity contribution < 1.29 is 5.48 Å². The highest BCUT2D eigenvalue weighted by molar-refractivity contribution is 7.26. The topological polar surface area (TPSA) is 38.7 Å². The Morgan fingerprint density at radius 1 is 0.371 bits per heavy atom. The summed E-state index contributed by atoms with van der Waals surface area (Å²) in [4.78, 5) is 15.9. The molecule has 0 saturated heterocycles. The van der Waals surface area contributed by atoms with Crippen LogP contribution in [0.25, 0.3) is 87.7 Å². The summed E-state index contributed by atoms with van der Waals surface area (Å²) in [6.45, 7) is 0. The van der Waals surface area contributed by atoms with Gasteiger partial charge in [-0.25, -0.2) is 15.0 Å². The molecule has 2 aromatic heterocycles. The van der Waals surface area contributed by atoms with Crippen LogP contribution in [-0.4, -0.2) is 15.0 Å². The first-order chi connectivity index (χ1) is 32.4. The van der Waals surface area contributed by atoms with Crippen molar-refractivity contribution in [2.45, 2.75) is 5.41 Å². The number of thiophene rings is 1. The molecule has 2 heterocycles. The lowest BCUT2D eigenvalue weighted by atomic mass is 9.67. The van der Waals surface area contributed by atoms with E-state index in [1.165, 1.54) is 44.7 Å². The molecule has 0 bridgehead atoms. The van der Waals surface area contributed by atoms with E-state index in [0.717, 1.165) is 49.0 Å². The summed E-state index contributed by atoms with van der Waals surface area (Å²) in [5.74, 6) is 1.44.